The average molecular weight is 553 g/mol. The van der Waals surface area contributed by atoms with Gasteiger partial charge in [0, 0.05) is 19.2 Å². The Kier molecular flexibility index (Phi) is 11.3. The van der Waals surface area contributed by atoms with E-state index >= 15 is 0 Å². The first-order valence-corrected chi connectivity index (χ1v) is 9.47. The number of benzene rings is 2. The van der Waals surface area contributed by atoms with Crippen LogP contribution in [0.15, 0.2) is 47.5 Å². The summed E-state index contributed by atoms with van der Waals surface area (Å²) in [5.41, 5.74) is 1.62. The van der Waals surface area contributed by atoms with Crippen molar-refractivity contribution in [2.45, 2.75) is 26.1 Å². The minimum absolute atomic E-state index is 0. The monoisotopic (exact) mass is 553 g/mol. The normalized spacial score (nSPS) is 11.5. The number of phenolic OH excluding ortho intramolecular Hbond substituents is 1. The van der Waals surface area contributed by atoms with Crippen molar-refractivity contribution in [3.8, 4) is 17.2 Å². The zero-order valence-electron chi connectivity index (χ0n) is 17.3. The van der Waals surface area contributed by atoms with Crippen molar-refractivity contribution in [1.29, 1.82) is 0 Å². The quantitative estimate of drug-likeness (QED) is 0.246. The Morgan fingerprint density at radius 2 is 1.74 bits per heavy atom. The molecule has 0 aliphatic rings. The van der Waals surface area contributed by atoms with E-state index in [1.165, 1.54) is 19.2 Å². The van der Waals surface area contributed by atoms with Gasteiger partial charge in [-0.15, -0.1) is 24.0 Å². The lowest BCUT2D eigenvalue weighted by atomic mass is 10.1. The first kappa shape index (κ1) is 26.7. The van der Waals surface area contributed by atoms with E-state index in [1.807, 2.05) is 13.0 Å². The predicted molar refractivity (Wildman–Crippen MR) is 125 cm³/mol. The highest BCUT2D eigenvalue weighted by molar-refractivity contribution is 14.0. The lowest BCUT2D eigenvalue weighted by Crippen LogP contribution is -2.38. The van der Waals surface area contributed by atoms with Crippen LogP contribution in [0.4, 0.5) is 13.2 Å². The highest BCUT2D eigenvalue weighted by Gasteiger charge is 2.28. The topological polar surface area (TPSA) is 75.1 Å². The third kappa shape index (κ3) is 9.99. The number of halogens is 4. The van der Waals surface area contributed by atoms with Crippen LogP contribution in [-0.4, -0.2) is 44.0 Å². The molecule has 3 N–H and O–H groups in total. The van der Waals surface area contributed by atoms with Gasteiger partial charge in [0.15, 0.2) is 12.6 Å². The summed E-state index contributed by atoms with van der Waals surface area (Å²) in [6.45, 7) is 2.20. The molecular formula is C21H27F3IN3O3. The fourth-order valence-corrected chi connectivity index (χ4v) is 2.57. The summed E-state index contributed by atoms with van der Waals surface area (Å²) >= 11 is 0. The molecule has 0 aromatic heterocycles. The van der Waals surface area contributed by atoms with Crippen LogP contribution in [0.2, 0.25) is 0 Å². The summed E-state index contributed by atoms with van der Waals surface area (Å²) in [4.78, 5) is 4.47. The third-order valence-corrected chi connectivity index (χ3v) is 4.07. The maximum Gasteiger partial charge on any atom is 0.422 e. The van der Waals surface area contributed by atoms with Gasteiger partial charge in [-0.2, -0.15) is 13.2 Å². The SMILES string of the molecule is CCNC(=NCc1ccc(OCC(F)(F)F)cc1)NCCc1ccc(OC)cc1O.I. The lowest BCUT2D eigenvalue weighted by molar-refractivity contribution is -0.153. The number of rotatable bonds is 9. The van der Waals surface area contributed by atoms with Crippen LogP contribution >= 0.6 is 24.0 Å². The molecule has 172 valence electrons. The van der Waals surface area contributed by atoms with E-state index in [-0.39, 0.29) is 35.5 Å². The van der Waals surface area contributed by atoms with Gasteiger partial charge >= 0.3 is 6.18 Å². The molecule has 2 aromatic rings. The van der Waals surface area contributed by atoms with Crippen LogP contribution in [0.5, 0.6) is 17.2 Å². The Morgan fingerprint density at radius 1 is 1.06 bits per heavy atom. The second-order valence-corrected chi connectivity index (χ2v) is 6.41. The molecule has 2 rings (SSSR count). The molecule has 0 aliphatic carbocycles. The lowest BCUT2D eigenvalue weighted by Gasteiger charge is -2.12. The van der Waals surface area contributed by atoms with Gasteiger partial charge in [0.2, 0.25) is 0 Å². The highest BCUT2D eigenvalue weighted by Crippen LogP contribution is 2.23. The molecule has 0 bridgehead atoms. The molecular weight excluding hydrogens is 526 g/mol. The molecule has 10 heteroatoms. The number of ether oxygens (including phenoxy) is 2. The number of phenols is 1. The molecule has 0 unspecified atom stereocenters. The van der Waals surface area contributed by atoms with Crippen molar-refractivity contribution in [2.75, 3.05) is 26.8 Å². The molecule has 31 heavy (non-hydrogen) atoms. The highest BCUT2D eigenvalue weighted by atomic mass is 127. The largest absolute Gasteiger partial charge is 0.508 e. The second-order valence-electron chi connectivity index (χ2n) is 6.41. The molecule has 0 spiro atoms. The van der Waals surface area contributed by atoms with Crippen molar-refractivity contribution in [2.24, 2.45) is 4.99 Å². The van der Waals surface area contributed by atoms with E-state index in [2.05, 4.69) is 15.6 Å². The first-order valence-electron chi connectivity index (χ1n) is 9.47. The Labute approximate surface area is 196 Å². The number of nitrogens with one attached hydrogen (secondary N) is 2. The van der Waals surface area contributed by atoms with E-state index in [0.29, 0.717) is 37.8 Å². The van der Waals surface area contributed by atoms with Gasteiger partial charge in [0.25, 0.3) is 0 Å². The van der Waals surface area contributed by atoms with Gasteiger partial charge in [-0.05, 0) is 42.7 Å². The molecule has 0 amide bonds. The maximum absolute atomic E-state index is 12.2. The number of alkyl halides is 3. The molecule has 0 heterocycles. The second kappa shape index (κ2) is 13.1. The number of aromatic hydroxyl groups is 1. The van der Waals surface area contributed by atoms with Crippen molar-refractivity contribution < 1.29 is 27.8 Å². The number of hydrogen-bond acceptors (Lipinski definition) is 4. The van der Waals surface area contributed by atoms with Gasteiger partial charge in [0.1, 0.15) is 17.2 Å². The van der Waals surface area contributed by atoms with E-state index < -0.39 is 12.8 Å². The summed E-state index contributed by atoms with van der Waals surface area (Å²) in [6, 6.07) is 11.5. The summed E-state index contributed by atoms with van der Waals surface area (Å²) in [6.07, 6.45) is -3.77. The summed E-state index contributed by atoms with van der Waals surface area (Å²) in [5, 5.41) is 16.3. The van der Waals surface area contributed by atoms with Crippen LogP contribution in [0.3, 0.4) is 0 Å². The molecule has 0 saturated heterocycles. The van der Waals surface area contributed by atoms with Crippen LogP contribution in [-0.2, 0) is 13.0 Å². The van der Waals surface area contributed by atoms with Crippen LogP contribution in [0.1, 0.15) is 18.1 Å². The fourth-order valence-electron chi connectivity index (χ4n) is 2.57. The molecule has 0 aliphatic heterocycles. The fraction of sp³-hybridized carbons (Fsp3) is 0.381. The van der Waals surface area contributed by atoms with E-state index in [9.17, 15) is 18.3 Å². The molecule has 2 aromatic carbocycles. The number of aliphatic imine (C=N–C) groups is 1. The van der Waals surface area contributed by atoms with Gasteiger partial charge in [-0.1, -0.05) is 18.2 Å². The van der Waals surface area contributed by atoms with E-state index in [1.54, 1.807) is 24.3 Å². The van der Waals surface area contributed by atoms with Crippen molar-refractivity contribution >= 4 is 29.9 Å². The standard InChI is InChI=1S/C21H26F3N3O3.HI/c1-3-25-20(26-11-10-16-6-9-18(29-2)12-19(16)28)27-13-15-4-7-17(8-5-15)30-14-21(22,23)24;/h4-9,12,28H,3,10-11,13-14H2,1-2H3,(H2,25,26,27);1H. The van der Waals surface area contributed by atoms with Crippen LogP contribution in [0, 0.1) is 0 Å². The van der Waals surface area contributed by atoms with E-state index in [0.717, 1.165) is 11.1 Å². The van der Waals surface area contributed by atoms with Gasteiger partial charge in [-0.25, -0.2) is 4.99 Å². The van der Waals surface area contributed by atoms with Crippen molar-refractivity contribution in [3.63, 3.8) is 0 Å². The van der Waals surface area contributed by atoms with Gasteiger partial charge < -0.3 is 25.2 Å². The smallest absolute Gasteiger partial charge is 0.422 e. The summed E-state index contributed by atoms with van der Waals surface area (Å²) in [5.74, 6) is 1.52. The summed E-state index contributed by atoms with van der Waals surface area (Å²) in [7, 11) is 1.54. The van der Waals surface area contributed by atoms with Crippen molar-refractivity contribution in [1.82, 2.24) is 10.6 Å². The third-order valence-electron chi connectivity index (χ3n) is 4.07. The Morgan fingerprint density at radius 3 is 2.32 bits per heavy atom. The van der Waals surface area contributed by atoms with Gasteiger partial charge in [0.05, 0.1) is 13.7 Å². The maximum atomic E-state index is 12.2. The first-order chi connectivity index (χ1) is 14.3. The minimum Gasteiger partial charge on any atom is -0.508 e. The average Bonchev–Trinajstić information content (AvgIpc) is 2.71. The minimum atomic E-state index is -4.36. The Hall–Kier alpha value is -2.37. The number of methoxy groups -OCH3 is 1. The Balaban J connectivity index is 0.00000480. The molecule has 0 fully saturated rings. The summed E-state index contributed by atoms with van der Waals surface area (Å²) < 4.78 is 46.3. The van der Waals surface area contributed by atoms with Crippen LogP contribution < -0.4 is 20.1 Å². The zero-order chi connectivity index (χ0) is 22.0. The van der Waals surface area contributed by atoms with E-state index in [4.69, 9.17) is 9.47 Å². The van der Waals surface area contributed by atoms with Crippen molar-refractivity contribution in [3.05, 3.63) is 53.6 Å². The molecule has 0 atom stereocenters. The number of guanidine groups is 1. The zero-order valence-corrected chi connectivity index (χ0v) is 19.7. The molecule has 6 nitrogen and oxygen atoms in total. The number of nitrogens with zero attached hydrogens (tertiary/aromatic N) is 1. The molecule has 0 saturated carbocycles. The van der Waals surface area contributed by atoms with Gasteiger partial charge in [-0.3, -0.25) is 0 Å². The number of hydrogen-bond donors (Lipinski definition) is 3. The Bertz CT molecular complexity index is 831. The molecule has 0 radical (unpaired) electrons. The predicted octanol–water partition coefficient (Wildman–Crippen LogP) is 4.26. The van der Waals surface area contributed by atoms with Crippen LogP contribution in [0.25, 0.3) is 0 Å².